The second-order valence-corrected chi connectivity index (χ2v) is 7.95. The molecule has 152 valence electrons. The Morgan fingerprint density at radius 2 is 1.83 bits per heavy atom. The van der Waals surface area contributed by atoms with Gasteiger partial charge in [0.1, 0.15) is 11.9 Å². The van der Waals surface area contributed by atoms with Gasteiger partial charge in [-0.3, -0.25) is 4.79 Å². The minimum atomic E-state index is -0.296. The third-order valence-electron chi connectivity index (χ3n) is 4.67. The minimum absolute atomic E-state index is 0.0523. The molecule has 1 amide bonds. The zero-order valence-electron chi connectivity index (χ0n) is 16.7. The molecule has 0 saturated carbocycles. The standard InChI is InChI=1S/C21H24FN5OS/c1-26(2)18(15-7-5-4-6-8-15)13-23-19(28)14-29-21-25-24-20(27(21)3)16-9-11-17(22)12-10-16/h4-12,18H,13-14H2,1-3H3,(H,23,28)/p+1/t18-/m0/s1. The van der Waals surface area contributed by atoms with E-state index in [4.69, 9.17) is 0 Å². The van der Waals surface area contributed by atoms with Gasteiger partial charge in [-0.25, -0.2) is 4.39 Å². The van der Waals surface area contributed by atoms with E-state index < -0.39 is 0 Å². The number of benzene rings is 2. The van der Waals surface area contributed by atoms with Crippen molar-refractivity contribution in [2.24, 2.45) is 7.05 Å². The smallest absolute Gasteiger partial charge is 0.230 e. The summed E-state index contributed by atoms with van der Waals surface area (Å²) in [6.07, 6.45) is 0. The van der Waals surface area contributed by atoms with E-state index in [1.807, 2.05) is 29.8 Å². The molecule has 6 nitrogen and oxygen atoms in total. The number of hydrogen-bond acceptors (Lipinski definition) is 4. The zero-order chi connectivity index (χ0) is 20.8. The van der Waals surface area contributed by atoms with Gasteiger partial charge < -0.3 is 14.8 Å². The van der Waals surface area contributed by atoms with Crippen LogP contribution in [0.1, 0.15) is 11.6 Å². The van der Waals surface area contributed by atoms with Crippen LogP contribution in [0.5, 0.6) is 0 Å². The van der Waals surface area contributed by atoms with Gasteiger partial charge in [-0.2, -0.15) is 0 Å². The Morgan fingerprint density at radius 1 is 1.14 bits per heavy atom. The fraction of sp³-hybridized carbons (Fsp3) is 0.286. The highest BCUT2D eigenvalue weighted by molar-refractivity contribution is 7.99. The van der Waals surface area contributed by atoms with Crippen molar-refractivity contribution in [2.75, 3.05) is 26.4 Å². The molecule has 0 bridgehead atoms. The molecule has 2 N–H and O–H groups in total. The topological polar surface area (TPSA) is 64.2 Å². The summed E-state index contributed by atoms with van der Waals surface area (Å²) >= 11 is 1.33. The van der Waals surface area contributed by atoms with Gasteiger partial charge in [0.05, 0.1) is 26.4 Å². The maximum atomic E-state index is 13.1. The molecule has 3 rings (SSSR count). The number of nitrogens with one attached hydrogen (secondary N) is 2. The molecule has 0 aliphatic carbocycles. The van der Waals surface area contributed by atoms with Crippen molar-refractivity contribution in [1.29, 1.82) is 0 Å². The fourth-order valence-corrected chi connectivity index (χ4v) is 3.77. The highest BCUT2D eigenvalue weighted by Crippen LogP contribution is 2.22. The van der Waals surface area contributed by atoms with Gasteiger partial charge in [0.25, 0.3) is 0 Å². The lowest BCUT2D eigenvalue weighted by atomic mass is 10.1. The number of amides is 1. The van der Waals surface area contributed by atoms with Crippen LogP contribution in [0.3, 0.4) is 0 Å². The number of quaternary nitrogens is 1. The third kappa shape index (κ3) is 5.42. The molecule has 0 unspecified atom stereocenters. The third-order valence-corrected chi connectivity index (χ3v) is 5.69. The van der Waals surface area contributed by atoms with Gasteiger partial charge >= 0.3 is 0 Å². The number of nitrogens with zero attached hydrogens (tertiary/aromatic N) is 3. The van der Waals surface area contributed by atoms with Crippen molar-refractivity contribution in [3.05, 3.63) is 66.0 Å². The Bertz CT molecular complexity index is 943. The molecule has 0 aliphatic heterocycles. The molecule has 2 aromatic carbocycles. The normalized spacial score (nSPS) is 12.2. The molecule has 1 heterocycles. The predicted molar refractivity (Wildman–Crippen MR) is 112 cm³/mol. The Morgan fingerprint density at radius 3 is 2.48 bits per heavy atom. The Kier molecular flexibility index (Phi) is 7.00. The van der Waals surface area contributed by atoms with E-state index in [9.17, 15) is 9.18 Å². The zero-order valence-corrected chi connectivity index (χ0v) is 17.5. The maximum Gasteiger partial charge on any atom is 0.230 e. The molecule has 1 atom stereocenters. The van der Waals surface area contributed by atoms with Crippen LogP contribution in [-0.2, 0) is 11.8 Å². The van der Waals surface area contributed by atoms with Gasteiger partial charge in [-0.1, -0.05) is 42.1 Å². The van der Waals surface area contributed by atoms with Crippen molar-refractivity contribution >= 4 is 17.7 Å². The predicted octanol–water partition coefficient (Wildman–Crippen LogP) is 1.72. The van der Waals surface area contributed by atoms with E-state index in [0.717, 1.165) is 5.56 Å². The maximum absolute atomic E-state index is 13.1. The van der Waals surface area contributed by atoms with Crippen molar-refractivity contribution in [1.82, 2.24) is 20.1 Å². The average Bonchev–Trinajstić information content (AvgIpc) is 3.08. The van der Waals surface area contributed by atoms with Gasteiger partial charge in [0.2, 0.25) is 5.91 Å². The van der Waals surface area contributed by atoms with Crippen LogP contribution in [0.2, 0.25) is 0 Å². The van der Waals surface area contributed by atoms with Crippen LogP contribution in [0.25, 0.3) is 11.4 Å². The Labute approximate surface area is 174 Å². The first-order valence-corrected chi connectivity index (χ1v) is 10.3. The molecule has 0 spiro atoms. The van der Waals surface area contributed by atoms with Crippen LogP contribution in [-0.4, -0.2) is 47.1 Å². The van der Waals surface area contributed by atoms with Gasteiger partial charge in [-0.15, -0.1) is 10.2 Å². The van der Waals surface area contributed by atoms with Crippen molar-refractivity contribution in [3.63, 3.8) is 0 Å². The number of carbonyl (C=O) groups is 1. The highest BCUT2D eigenvalue weighted by Gasteiger charge is 2.19. The Balaban J connectivity index is 1.56. The summed E-state index contributed by atoms with van der Waals surface area (Å²) in [6, 6.07) is 16.4. The number of aromatic nitrogens is 3. The summed E-state index contributed by atoms with van der Waals surface area (Å²) in [5.74, 6) is 0.534. The first-order valence-electron chi connectivity index (χ1n) is 9.35. The SMILES string of the molecule is Cn1c(SCC(=O)NC[C@@H](c2ccccc2)[NH+](C)C)nnc1-c1ccc(F)cc1. The molecule has 0 fully saturated rings. The second kappa shape index (κ2) is 9.67. The molecule has 0 radical (unpaired) electrons. The lowest BCUT2D eigenvalue weighted by Crippen LogP contribution is -3.07. The van der Waals surface area contributed by atoms with Crippen LogP contribution >= 0.6 is 11.8 Å². The molecule has 3 aromatic rings. The second-order valence-electron chi connectivity index (χ2n) is 7.01. The number of hydrogen-bond donors (Lipinski definition) is 2. The summed E-state index contributed by atoms with van der Waals surface area (Å²) < 4.78 is 14.9. The van der Waals surface area contributed by atoms with E-state index in [2.05, 4.69) is 41.7 Å². The van der Waals surface area contributed by atoms with E-state index in [-0.39, 0.29) is 23.5 Å². The van der Waals surface area contributed by atoms with E-state index in [1.54, 1.807) is 12.1 Å². The number of thioether (sulfide) groups is 1. The first-order chi connectivity index (χ1) is 14.0. The van der Waals surface area contributed by atoms with Crippen molar-refractivity contribution < 1.29 is 14.1 Å². The monoisotopic (exact) mass is 414 g/mol. The largest absolute Gasteiger partial charge is 0.349 e. The lowest BCUT2D eigenvalue weighted by Gasteiger charge is -2.22. The van der Waals surface area contributed by atoms with E-state index in [1.165, 1.54) is 34.4 Å². The summed E-state index contributed by atoms with van der Waals surface area (Å²) in [5.41, 5.74) is 1.97. The summed E-state index contributed by atoms with van der Waals surface area (Å²) in [7, 11) is 5.99. The van der Waals surface area contributed by atoms with E-state index >= 15 is 0 Å². The minimum Gasteiger partial charge on any atom is -0.349 e. The molecular weight excluding hydrogens is 389 g/mol. The number of rotatable bonds is 8. The van der Waals surface area contributed by atoms with E-state index in [0.29, 0.717) is 17.5 Å². The van der Waals surface area contributed by atoms with Crippen LogP contribution in [0.15, 0.2) is 59.8 Å². The molecule has 0 aliphatic rings. The molecule has 8 heteroatoms. The molecular formula is C21H25FN5OS+. The summed E-state index contributed by atoms with van der Waals surface area (Å²) in [5, 5.41) is 12.0. The van der Waals surface area contributed by atoms with Gasteiger partial charge in [0, 0.05) is 18.2 Å². The average molecular weight is 415 g/mol. The van der Waals surface area contributed by atoms with Crippen LogP contribution in [0.4, 0.5) is 4.39 Å². The van der Waals surface area contributed by atoms with Crippen molar-refractivity contribution in [2.45, 2.75) is 11.2 Å². The molecule has 1 aromatic heterocycles. The quantitative estimate of drug-likeness (QED) is 0.551. The van der Waals surface area contributed by atoms with Gasteiger partial charge in [-0.05, 0) is 24.3 Å². The summed E-state index contributed by atoms with van der Waals surface area (Å²) in [6.45, 7) is 0.561. The molecule has 0 saturated heterocycles. The van der Waals surface area contributed by atoms with Crippen LogP contribution < -0.4 is 10.2 Å². The number of carbonyl (C=O) groups excluding carboxylic acids is 1. The number of likely N-dealkylation sites (N-methyl/N-ethyl adjacent to an activating group) is 1. The highest BCUT2D eigenvalue weighted by atomic mass is 32.2. The van der Waals surface area contributed by atoms with Crippen LogP contribution in [0, 0.1) is 5.82 Å². The Hall–Kier alpha value is -2.71. The van der Waals surface area contributed by atoms with Crippen molar-refractivity contribution in [3.8, 4) is 11.4 Å². The number of halogens is 1. The lowest BCUT2D eigenvalue weighted by molar-refractivity contribution is -0.890. The molecule has 29 heavy (non-hydrogen) atoms. The first kappa shape index (κ1) is 21.0. The fourth-order valence-electron chi connectivity index (χ4n) is 3.03. The van der Waals surface area contributed by atoms with Gasteiger partial charge in [0.15, 0.2) is 11.0 Å². The summed E-state index contributed by atoms with van der Waals surface area (Å²) in [4.78, 5) is 13.6.